The van der Waals surface area contributed by atoms with Gasteiger partial charge in [-0.15, -0.1) is 0 Å². The van der Waals surface area contributed by atoms with Crippen LogP contribution in [-0.2, 0) is 9.53 Å². The van der Waals surface area contributed by atoms with Crippen LogP contribution in [0.2, 0.25) is 0 Å². The number of nitrogens with one attached hydrogen (secondary N) is 2. The Hall–Kier alpha value is -1.30. The second-order valence-electron chi connectivity index (χ2n) is 2.35. The number of carbonyl (C=O) groups excluding carboxylic acids is 1. The zero-order valence-electron chi connectivity index (χ0n) is 7.66. The van der Waals surface area contributed by atoms with Gasteiger partial charge in [0.05, 0.1) is 6.61 Å². The molecule has 6 heteroatoms. The number of methoxy groups -OCH3 is 1. The molecule has 0 bridgehead atoms. The summed E-state index contributed by atoms with van der Waals surface area (Å²) < 4.78 is 4.62. The molecule has 0 heterocycles. The summed E-state index contributed by atoms with van der Waals surface area (Å²) in [6.07, 6.45) is 0. The molecule has 0 rings (SSSR count). The summed E-state index contributed by atoms with van der Waals surface area (Å²) >= 11 is 0. The lowest BCUT2D eigenvalue weighted by molar-refractivity contribution is -0.140. The molecule has 1 atom stereocenters. The molecular formula is C7H14N2O4. The Labute approximate surface area is 76.3 Å². The summed E-state index contributed by atoms with van der Waals surface area (Å²) in [6.45, 7) is 2.14. The quantitative estimate of drug-likeness (QED) is 0.540. The van der Waals surface area contributed by atoms with Crippen molar-refractivity contribution in [2.45, 2.75) is 13.0 Å². The lowest BCUT2D eigenvalue weighted by atomic mass is 10.3. The van der Waals surface area contributed by atoms with E-state index in [4.69, 9.17) is 5.11 Å². The first-order valence-corrected chi connectivity index (χ1v) is 3.88. The molecule has 0 aliphatic rings. The van der Waals surface area contributed by atoms with Gasteiger partial charge in [0, 0.05) is 13.7 Å². The Morgan fingerprint density at radius 2 is 2.15 bits per heavy atom. The minimum atomic E-state index is -1.12. The molecule has 0 aliphatic carbocycles. The smallest absolute Gasteiger partial charge is 0.328 e. The van der Waals surface area contributed by atoms with E-state index in [-0.39, 0.29) is 6.61 Å². The predicted octanol–water partition coefficient (Wildman–Crippen LogP) is -0.595. The fourth-order valence-electron chi connectivity index (χ4n) is 0.711. The molecule has 0 aliphatic heterocycles. The van der Waals surface area contributed by atoms with Crippen molar-refractivity contribution in [1.29, 1.82) is 0 Å². The maximum atomic E-state index is 10.9. The highest BCUT2D eigenvalue weighted by Gasteiger charge is 2.18. The number of urea groups is 1. The van der Waals surface area contributed by atoms with Crippen molar-refractivity contribution in [3.8, 4) is 0 Å². The molecular weight excluding hydrogens is 176 g/mol. The molecule has 0 aromatic heterocycles. The number of rotatable bonds is 5. The summed E-state index contributed by atoms with van der Waals surface area (Å²) in [4.78, 5) is 21.4. The molecule has 2 amide bonds. The van der Waals surface area contributed by atoms with Gasteiger partial charge in [-0.2, -0.15) is 0 Å². The van der Waals surface area contributed by atoms with E-state index in [0.29, 0.717) is 6.54 Å². The van der Waals surface area contributed by atoms with Crippen LogP contribution in [-0.4, -0.2) is 43.4 Å². The van der Waals surface area contributed by atoms with Crippen LogP contribution in [0.1, 0.15) is 6.92 Å². The van der Waals surface area contributed by atoms with Crippen LogP contribution >= 0.6 is 0 Å². The minimum absolute atomic E-state index is 0.0491. The average molecular weight is 190 g/mol. The largest absolute Gasteiger partial charge is 0.480 e. The number of carbonyl (C=O) groups is 2. The van der Waals surface area contributed by atoms with Crippen molar-refractivity contribution in [3.05, 3.63) is 0 Å². The lowest BCUT2D eigenvalue weighted by Gasteiger charge is -2.13. The van der Waals surface area contributed by atoms with Crippen molar-refractivity contribution >= 4 is 12.0 Å². The van der Waals surface area contributed by atoms with Crippen LogP contribution in [0.5, 0.6) is 0 Å². The van der Waals surface area contributed by atoms with Gasteiger partial charge in [0.2, 0.25) is 0 Å². The molecule has 0 aromatic carbocycles. The highest BCUT2D eigenvalue weighted by Crippen LogP contribution is 1.85. The van der Waals surface area contributed by atoms with E-state index in [2.05, 4.69) is 15.4 Å². The van der Waals surface area contributed by atoms with E-state index in [1.54, 1.807) is 6.92 Å². The van der Waals surface area contributed by atoms with Crippen molar-refractivity contribution in [1.82, 2.24) is 10.6 Å². The first-order chi connectivity index (χ1) is 6.11. The molecule has 0 fully saturated rings. The second-order valence-corrected chi connectivity index (χ2v) is 2.35. The molecule has 6 nitrogen and oxygen atoms in total. The topological polar surface area (TPSA) is 87.7 Å². The maximum Gasteiger partial charge on any atom is 0.328 e. The fourth-order valence-corrected chi connectivity index (χ4v) is 0.711. The zero-order valence-corrected chi connectivity index (χ0v) is 7.66. The van der Waals surface area contributed by atoms with Crippen LogP contribution < -0.4 is 10.6 Å². The van der Waals surface area contributed by atoms with Gasteiger partial charge >= 0.3 is 12.0 Å². The van der Waals surface area contributed by atoms with E-state index < -0.39 is 18.0 Å². The lowest BCUT2D eigenvalue weighted by Crippen LogP contribution is -2.48. The van der Waals surface area contributed by atoms with Crippen molar-refractivity contribution in [2.75, 3.05) is 20.3 Å². The molecule has 0 spiro atoms. The van der Waals surface area contributed by atoms with Gasteiger partial charge in [0.25, 0.3) is 0 Å². The number of hydrogen-bond donors (Lipinski definition) is 3. The van der Waals surface area contributed by atoms with Gasteiger partial charge in [0.15, 0.2) is 6.04 Å². The third-order valence-electron chi connectivity index (χ3n) is 1.27. The molecule has 0 saturated heterocycles. The summed E-state index contributed by atoms with van der Waals surface area (Å²) in [5.41, 5.74) is 0. The predicted molar refractivity (Wildman–Crippen MR) is 45.5 cm³/mol. The summed E-state index contributed by atoms with van der Waals surface area (Å²) in [5, 5.41) is 13.3. The molecule has 0 radical (unpaired) electrons. The molecule has 76 valence electrons. The number of carboxylic acids is 1. The second kappa shape index (κ2) is 6.24. The van der Waals surface area contributed by atoms with Crippen LogP contribution in [0.25, 0.3) is 0 Å². The van der Waals surface area contributed by atoms with Gasteiger partial charge in [-0.1, -0.05) is 0 Å². The van der Waals surface area contributed by atoms with Gasteiger partial charge in [-0.25, -0.2) is 9.59 Å². The van der Waals surface area contributed by atoms with Crippen LogP contribution in [0.15, 0.2) is 0 Å². The number of ether oxygens (including phenoxy) is 1. The van der Waals surface area contributed by atoms with Crippen LogP contribution in [0, 0.1) is 0 Å². The van der Waals surface area contributed by atoms with Crippen molar-refractivity contribution in [3.63, 3.8) is 0 Å². The summed E-state index contributed by atoms with van der Waals surface area (Å²) in [5.74, 6) is -1.12. The van der Waals surface area contributed by atoms with Gasteiger partial charge in [-0.05, 0) is 6.92 Å². The zero-order chi connectivity index (χ0) is 10.3. The van der Waals surface area contributed by atoms with E-state index in [0.717, 1.165) is 0 Å². The first-order valence-electron chi connectivity index (χ1n) is 3.88. The average Bonchev–Trinajstić information content (AvgIpc) is 2.04. The highest BCUT2D eigenvalue weighted by molar-refractivity contribution is 5.82. The van der Waals surface area contributed by atoms with E-state index in [9.17, 15) is 9.59 Å². The molecule has 1 unspecified atom stereocenters. The molecule has 0 aromatic rings. The highest BCUT2D eigenvalue weighted by atomic mass is 16.5. The summed E-state index contributed by atoms with van der Waals surface area (Å²) in [7, 11) is 1.37. The van der Waals surface area contributed by atoms with Gasteiger partial charge in [0.1, 0.15) is 0 Å². The Morgan fingerprint density at radius 3 is 2.54 bits per heavy atom. The molecule has 0 saturated carbocycles. The Balaban J connectivity index is 3.94. The maximum absolute atomic E-state index is 10.9. The van der Waals surface area contributed by atoms with Gasteiger partial charge in [-0.3, -0.25) is 0 Å². The molecule has 13 heavy (non-hydrogen) atoms. The number of amides is 2. The van der Waals surface area contributed by atoms with Gasteiger partial charge < -0.3 is 20.5 Å². The van der Waals surface area contributed by atoms with Crippen LogP contribution in [0.3, 0.4) is 0 Å². The van der Waals surface area contributed by atoms with E-state index >= 15 is 0 Å². The third kappa shape index (κ3) is 5.02. The molecule has 3 N–H and O–H groups in total. The minimum Gasteiger partial charge on any atom is -0.480 e. The Bertz CT molecular complexity index is 183. The Kier molecular flexibility index (Phi) is 5.62. The van der Waals surface area contributed by atoms with Crippen molar-refractivity contribution < 1.29 is 19.4 Å². The third-order valence-corrected chi connectivity index (χ3v) is 1.27. The standard InChI is InChI=1S/C7H14N2O4/c1-3-8-7(12)9-5(4-13-2)6(10)11/h5H,3-4H2,1-2H3,(H,10,11)(H2,8,9,12). The summed E-state index contributed by atoms with van der Waals surface area (Å²) in [6, 6.07) is -1.51. The monoisotopic (exact) mass is 190 g/mol. The van der Waals surface area contributed by atoms with Crippen molar-refractivity contribution in [2.24, 2.45) is 0 Å². The number of carboxylic acid groups (broad SMARTS) is 1. The first kappa shape index (κ1) is 11.7. The van der Waals surface area contributed by atoms with E-state index in [1.807, 2.05) is 0 Å². The Morgan fingerprint density at radius 1 is 1.54 bits per heavy atom. The SMILES string of the molecule is CCNC(=O)NC(COC)C(=O)O. The van der Waals surface area contributed by atoms with E-state index in [1.165, 1.54) is 7.11 Å². The van der Waals surface area contributed by atoms with Crippen LogP contribution in [0.4, 0.5) is 4.79 Å². The normalized spacial score (nSPS) is 11.8. The number of hydrogen-bond acceptors (Lipinski definition) is 3. The number of aliphatic carboxylic acids is 1. The fraction of sp³-hybridized carbons (Fsp3) is 0.714.